The molecule has 0 aliphatic heterocycles. The Morgan fingerprint density at radius 3 is 2.53 bits per heavy atom. The van der Waals surface area contributed by atoms with Crippen molar-refractivity contribution in [1.29, 1.82) is 0 Å². The minimum Gasteiger partial charge on any atom is -0.497 e. The third-order valence-electron chi connectivity index (χ3n) is 4.67. The van der Waals surface area contributed by atoms with Crippen LogP contribution in [0.15, 0.2) is 47.5 Å². The van der Waals surface area contributed by atoms with Crippen molar-refractivity contribution in [2.45, 2.75) is 26.1 Å². The van der Waals surface area contributed by atoms with Gasteiger partial charge in [0.05, 0.1) is 13.2 Å². The van der Waals surface area contributed by atoms with Crippen LogP contribution < -0.4 is 20.1 Å². The molecule has 2 rings (SSSR count). The minimum absolute atomic E-state index is 0.0790. The van der Waals surface area contributed by atoms with Gasteiger partial charge in [0.25, 0.3) is 0 Å². The zero-order chi connectivity index (χ0) is 22.1. The molecule has 164 valence electrons. The lowest BCUT2D eigenvalue weighted by atomic mass is 10.1. The lowest BCUT2D eigenvalue weighted by Gasteiger charge is -2.26. The van der Waals surface area contributed by atoms with Gasteiger partial charge in [0.1, 0.15) is 11.5 Å². The lowest BCUT2D eigenvalue weighted by molar-refractivity contribution is -0.0504. The maximum absolute atomic E-state index is 12.7. The molecule has 0 aromatic heterocycles. The maximum atomic E-state index is 12.7. The van der Waals surface area contributed by atoms with Gasteiger partial charge in [-0.05, 0) is 44.8 Å². The quantitative estimate of drug-likeness (QED) is 0.480. The molecule has 0 saturated carbocycles. The van der Waals surface area contributed by atoms with Crippen molar-refractivity contribution in [3.8, 4) is 11.5 Å². The molecular weight excluding hydrogens is 390 g/mol. The highest BCUT2D eigenvalue weighted by atomic mass is 19.3. The van der Waals surface area contributed by atoms with Crippen LogP contribution in [0.3, 0.4) is 0 Å². The molecule has 0 aliphatic carbocycles. The Morgan fingerprint density at radius 1 is 1.13 bits per heavy atom. The number of rotatable bonds is 9. The number of methoxy groups -OCH3 is 1. The van der Waals surface area contributed by atoms with Gasteiger partial charge in [-0.15, -0.1) is 0 Å². The van der Waals surface area contributed by atoms with E-state index in [0.29, 0.717) is 24.6 Å². The van der Waals surface area contributed by atoms with Crippen LogP contribution in [-0.4, -0.2) is 52.3 Å². The first kappa shape index (κ1) is 23.4. The van der Waals surface area contributed by atoms with Gasteiger partial charge >= 0.3 is 6.61 Å². The Labute approximate surface area is 176 Å². The Balaban J connectivity index is 2.04. The molecule has 6 nitrogen and oxygen atoms in total. The largest absolute Gasteiger partial charge is 0.497 e. The molecular formula is C22H30F2N4O2. The van der Waals surface area contributed by atoms with Crippen molar-refractivity contribution in [3.63, 3.8) is 0 Å². The Kier molecular flexibility index (Phi) is 8.86. The fraction of sp³-hybridized carbons (Fsp3) is 0.409. The monoisotopic (exact) mass is 420 g/mol. The van der Waals surface area contributed by atoms with Crippen LogP contribution in [0.2, 0.25) is 0 Å². The average Bonchev–Trinajstić information content (AvgIpc) is 2.71. The Bertz CT molecular complexity index is 844. The zero-order valence-corrected chi connectivity index (χ0v) is 18.1. The second kappa shape index (κ2) is 11.3. The molecule has 0 radical (unpaired) electrons. The van der Waals surface area contributed by atoms with E-state index in [4.69, 9.17) is 4.74 Å². The molecule has 8 heteroatoms. The smallest absolute Gasteiger partial charge is 0.387 e. The number of guanidine groups is 1. The number of benzene rings is 2. The van der Waals surface area contributed by atoms with E-state index in [9.17, 15) is 8.78 Å². The molecule has 2 aromatic rings. The summed E-state index contributed by atoms with van der Waals surface area (Å²) in [4.78, 5) is 6.34. The first-order valence-electron chi connectivity index (χ1n) is 9.63. The summed E-state index contributed by atoms with van der Waals surface area (Å²) < 4.78 is 35.3. The molecule has 30 heavy (non-hydrogen) atoms. The van der Waals surface area contributed by atoms with Crippen LogP contribution in [0.5, 0.6) is 11.5 Å². The van der Waals surface area contributed by atoms with E-state index in [0.717, 1.165) is 16.9 Å². The number of hydrogen-bond donors (Lipinski definition) is 2. The van der Waals surface area contributed by atoms with Crippen molar-refractivity contribution >= 4 is 5.96 Å². The van der Waals surface area contributed by atoms with E-state index < -0.39 is 6.61 Å². The van der Waals surface area contributed by atoms with Gasteiger partial charge in [0, 0.05) is 25.7 Å². The summed E-state index contributed by atoms with van der Waals surface area (Å²) in [7, 11) is 7.31. The van der Waals surface area contributed by atoms with Crippen LogP contribution in [0.4, 0.5) is 8.78 Å². The maximum Gasteiger partial charge on any atom is 0.387 e. The van der Waals surface area contributed by atoms with Crippen LogP contribution in [0.25, 0.3) is 0 Å². The standard InChI is InChI=1S/C22H30F2N4O2/c1-15-9-10-20(30-21(23)24)17(11-15)13-26-22(25-2)27-14-19(28(3)4)16-7-6-8-18(12-16)29-5/h6-12,19,21H,13-14H2,1-5H3,(H2,25,26,27). The number of aryl methyl sites for hydroxylation is 1. The van der Waals surface area contributed by atoms with Crippen LogP contribution in [-0.2, 0) is 6.54 Å². The van der Waals surface area contributed by atoms with E-state index >= 15 is 0 Å². The van der Waals surface area contributed by atoms with Gasteiger partial charge in [0.2, 0.25) is 0 Å². The molecule has 0 heterocycles. The fourth-order valence-electron chi connectivity index (χ4n) is 3.10. The van der Waals surface area contributed by atoms with E-state index in [1.165, 1.54) is 0 Å². The highest BCUT2D eigenvalue weighted by molar-refractivity contribution is 5.79. The molecule has 2 aromatic carbocycles. The van der Waals surface area contributed by atoms with Crippen molar-refractivity contribution < 1.29 is 18.3 Å². The lowest BCUT2D eigenvalue weighted by Crippen LogP contribution is -2.41. The molecule has 0 saturated heterocycles. The SMILES string of the molecule is CN=C(NCc1cc(C)ccc1OC(F)F)NCC(c1cccc(OC)c1)N(C)C. The number of nitrogens with zero attached hydrogens (tertiary/aromatic N) is 2. The summed E-state index contributed by atoms with van der Waals surface area (Å²) >= 11 is 0. The van der Waals surface area contributed by atoms with E-state index in [1.807, 2.05) is 51.4 Å². The highest BCUT2D eigenvalue weighted by Gasteiger charge is 2.16. The van der Waals surface area contributed by atoms with Gasteiger partial charge < -0.3 is 25.0 Å². The molecule has 0 bridgehead atoms. The van der Waals surface area contributed by atoms with Crippen LogP contribution in [0.1, 0.15) is 22.7 Å². The molecule has 1 unspecified atom stereocenters. The first-order chi connectivity index (χ1) is 14.3. The zero-order valence-electron chi connectivity index (χ0n) is 18.1. The number of ether oxygens (including phenoxy) is 2. The van der Waals surface area contributed by atoms with Gasteiger partial charge in [-0.2, -0.15) is 8.78 Å². The van der Waals surface area contributed by atoms with Crippen molar-refractivity contribution in [2.24, 2.45) is 4.99 Å². The third-order valence-corrected chi connectivity index (χ3v) is 4.67. The third kappa shape index (κ3) is 6.88. The second-order valence-electron chi connectivity index (χ2n) is 7.05. The molecule has 0 spiro atoms. The minimum atomic E-state index is -2.87. The number of hydrogen-bond acceptors (Lipinski definition) is 4. The number of nitrogens with one attached hydrogen (secondary N) is 2. The number of alkyl halides is 2. The van der Waals surface area contributed by atoms with Crippen molar-refractivity contribution in [3.05, 3.63) is 59.2 Å². The normalized spacial score (nSPS) is 12.8. The molecule has 0 aliphatic rings. The van der Waals surface area contributed by atoms with Gasteiger partial charge in [0.15, 0.2) is 5.96 Å². The summed E-state index contributed by atoms with van der Waals surface area (Å²) in [6.07, 6.45) is 0. The van der Waals surface area contributed by atoms with E-state index in [2.05, 4.69) is 25.3 Å². The highest BCUT2D eigenvalue weighted by Crippen LogP contribution is 2.23. The second-order valence-corrected chi connectivity index (χ2v) is 7.05. The van der Waals surface area contributed by atoms with Crippen molar-refractivity contribution in [1.82, 2.24) is 15.5 Å². The van der Waals surface area contributed by atoms with Crippen molar-refractivity contribution in [2.75, 3.05) is 34.8 Å². The Hall–Kier alpha value is -2.87. The predicted molar refractivity (Wildman–Crippen MR) is 115 cm³/mol. The first-order valence-corrected chi connectivity index (χ1v) is 9.63. The fourth-order valence-corrected chi connectivity index (χ4v) is 3.10. The molecule has 0 amide bonds. The number of likely N-dealkylation sites (N-methyl/N-ethyl adjacent to an activating group) is 1. The molecule has 1 atom stereocenters. The average molecular weight is 421 g/mol. The van der Waals surface area contributed by atoms with Crippen LogP contribution in [0, 0.1) is 6.92 Å². The van der Waals surface area contributed by atoms with Gasteiger partial charge in [-0.3, -0.25) is 4.99 Å². The van der Waals surface area contributed by atoms with Crippen LogP contribution >= 0.6 is 0 Å². The summed E-state index contributed by atoms with van der Waals surface area (Å²) in [6, 6.07) is 13.1. The van der Waals surface area contributed by atoms with Gasteiger partial charge in [-0.1, -0.05) is 29.8 Å². The summed E-state index contributed by atoms with van der Waals surface area (Å²) in [6.45, 7) is -0.0745. The van der Waals surface area contributed by atoms with E-state index in [-0.39, 0.29) is 11.8 Å². The van der Waals surface area contributed by atoms with E-state index in [1.54, 1.807) is 26.3 Å². The summed E-state index contributed by atoms with van der Waals surface area (Å²) in [5.41, 5.74) is 2.70. The molecule has 0 fully saturated rings. The Morgan fingerprint density at radius 2 is 1.90 bits per heavy atom. The summed E-state index contributed by atoms with van der Waals surface area (Å²) in [5.74, 6) is 1.52. The van der Waals surface area contributed by atoms with Gasteiger partial charge in [-0.25, -0.2) is 0 Å². The summed E-state index contributed by atoms with van der Waals surface area (Å²) in [5, 5.41) is 6.47. The number of halogens is 2. The number of aliphatic imine (C=N–C) groups is 1. The topological polar surface area (TPSA) is 58.1 Å². The molecule has 2 N–H and O–H groups in total. The predicted octanol–water partition coefficient (Wildman–Crippen LogP) is 3.57.